The molecule has 0 bridgehead atoms. The summed E-state index contributed by atoms with van der Waals surface area (Å²) in [5.74, 6) is 0. The van der Waals surface area contributed by atoms with E-state index in [2.05, 4.69) is 20.5 Å². The highest BCUT2D eigenvalue weighted by Crippen LogP contribution is 2.32. The molecular weight excluding hydrogens is 258 g/mol. The number of anilines is 1. The highest BCUT2D eigenvalue weighted by atomic mass is 16.6. The van der Waals surface area contributed by atoms with E-state index < -0.39 is 0 Å². The number of nitrogens with zero attached hydrogens (tertiary/aromatic N) is 3. The van der Waals surface area contributed by atoms with Gasteiger partial charge in [0.1, 0.15) is 5.69 Å². The number of nitrogens with one attached hydrogen (secondary N) is 2. The summed E-state index contributed by atoms with van der Waals surface area (Å²) in [5.41, 5.74) is 2.04. The number of fused-ring (bicyclic) bond motifs is 1. The number of rotatable bonds is 4. The smallest absolute Gasteiger partial charge is 0.301 e. The molecule has 0 radical (unpaired) electrons. The lowest BCUT2D eigenvalue weighted by Gasteiger charge is -2.07. The lowest BCUT2D eigenvalue weighted by molar-refractivity contribution is -0.382. The molecule has 100 valence electrons. The van der Waals surface area contributed by atoms with Crippen LogP contribution in [0, 0.1) is 10.1 Å². The van der Waals surface area contributed by atoms with Crippen LogP contribution in [0.5, 0.6) is 0 Å². The molecule has 2 aromatic heterocycles. The monoisotopic (exact) mass is 269 g/mol. The van der Waals surface area contributed by atoms with E-state index in [1.54, 1.807) is 42.9 Å². The Labute approximate surface area is 113 Å². The average molecular weight is 269 g/mol. The molecular formula is C13H11N5O2. The SMILES string of the molecule is O=[N+]([O-])c1c(NCc2cn[nH]c2)ccc2ncccc12. The van der Waals surface area contributed by atoms with Gasteiger partial charge in [0.05, 0.1) is 22.0 Å². The summed E-state index contributed by atoms with van der Waals surface area (Å²) < 4.78 is 0. The van der Waals surface area contributed by atoms with Crippen molar-refractivity contribution in [3.8, 4) is 0 Å². The Balaban J connectivity index is 2.01. The standard InChI is InChI=1S/C13H11N5O2/c19-18(20)13-10-2-1-5-14-11(10)3-4-12(13)15-6-9-7-16-17-8-9/h1-5,7-8,15H,6H2,(H,16,17). The zero-order chi connectivity index (χ0) is 13.9. The van der Waals surface area contributed by atoms with E-state index in [-0.39, 0.29) is 10.6 Å². The Kier molecular flexibility index (Phi) is 3.00. The van der Waals surface area contributed by atoms with Gasteiger partial charge in [-0.1, -0.05) is 0 Å². The molecule has 0 aliphatic rings. The highest BCUT2D eigenvalue weighted by Gasteiger charge is 2.18. The molecule has 7 heteroatoms. The second-order valence-electron chi connectivity index (χ2n) is 4.25. The van der Waals surface area contributed by atoms with Crippen LogP contribution in [0.25, 0.3) is 10.9 Å². The van der Waals surface area contributed by atoms with Gasteiger partial charge in [-0.15, -0.1) is 0 Å². The van der Waals surface area contributed by atoms with Crippen LogP contribution in [0.1, 0.15) is 5.56 Å². The van der Waals surface area contributed by atoms with Gasteiger partial charge in [0.2, 0.25) is 0 Å². The maximum absolute atomic E-state index is 11.3. The van der Waals surface area contributed by atoms with Gasteiger partial charge in [0.25, 0.3) is 0 Å². The molecule has 0 saturated heterocycles. The average Bonchev–Trinajstić information content (AvgIpc) is 2.97. The van der Waals surface area contributed by atoms with Gasteiger partial charge in [0, 0.05) is 24.5 Å². The fourth-order valence-electron chi connectivity index (χ4n) is 2.05. The molecule has 0 aliphatic carbocycles. The lowest BCUT2D eigenvalue weighted by atomic mass is 10.1. The van der Waals surface area contributed by atoms with E-state index in [0.717, 1.165) is 5.56 Å². The summed E-state index contributed by atoms with van der Waals surface area (Å²) in [5, 5.41) is 21.4. The molecule has 0 spiro atoms. The molecule has 7 nitrogen and oxygen atoms in total. The first kappa shape index (κ1) is 12.1. The number of nitro benzene ring substituents is 1. The van der Waals surface area contributed by atoms with Gasteiger partial charge >= 0.3 is 5.69 Å². The number of H-pyrrole nitrogens is 1. The Bertz CT molecular complexity index is 755. The van der Waals surface area contributed by atoms with Gasteiger partial charge < -0.3 is 5.32 Å². The van der Waals surface area contributed by atoms with Crippen LogP contribution in [0.4, 0.5) is 11.4 Å². The van der Waals surface area contributed by atoms with Crippen molar-refractivity contribution in [3.63, 3.8) is 0 Å². The summed E-state index contributed by atoms with van der Waals surface area (Å²) in [4.78, 5) is 15.1. The number of nitro groups is 1. The number of aromatic amines is 1. The van der Waals surface area contributed by atoms with Gasteiger partial charge in [-0.2, -0.15) is 5.10 Å². The normalized spacial score (nSPS) is 10.6. The molecule has 3 aromatic rings. The minimum Gasteiger partial charge on any atom is -0.375 e. The summed E-state index contributed by atoms with van der Waals surface area (Å²) in [6, 6.07) is 6.83. The molecule has 20 heavy (non-hydrogen) atoms. The van der Waals surface area contributed by atoms with Crippen LogP contribution in [-0.4, -0.2) is 20.1 Å². The first-order valence-electron chi connectivity index (χ1n) is 5.99. The van der Waals surface area contributed by atoms with Crippen molar-refractivity contribution in [1.82, 2.24) is 15.2 Å². The van der Waals surface area contributed by atoms with Crippen molar-refractivity contribution in [3.05, 3.63) is 58.5 Å². The largest absolute Gasteiger partial charge is 0.375 e. The Morgan fingerprint density at radius 2 is 2.25 bits per heavy atom. The van der Waals surface area contributed by atoms with Crippen molar-refractivity contribution in [2.24, 2.45) is 0 Å². The number of hydrogen-bond acceptors (Lipinski definition) is 5. The van der Waals surface area contributed by atoms with Gasteiger partial charge in [0.15, 0.2) is 0 Å². The van der Waals surface area contributed by atoms with Crippen molar-refractivity contribution >= 4 is 22.3 Å². The molecule has 1 aromatic carbocycles. The summed E-state index contributed by atoms with van der Waals surface area (Å²) in [6.07, 6.45) is 5.02. The topological polar surface area (TPSA) is 96.7 Å². The molecule has 0 aliphatic heterocycles. The van der Waals surface area contributed by atoms with Crippen LogP contribution in [0.15, 0.2) is 42.9 Å². The second-order valence-corrected chi connectivity index (χ2v) is 4.25. The molecule has 2 heterocycles. The van der Waals surface area contributed by atoms with Crippen LogP contribution < -0.4 is 5.32 Å². The van der Waals surface area contributed by atoms with E-state index in [0.29, 0.717) is 23.1 Å². The molecule has 3 rings (SSSR count). The highest BCUT2D eigenvalue weighted by molar-refractivity contribution is 5.94. The summed E-state index contributed by atoms with van der Waals surface area (Å²) >= 11 is 0. The zero-order valence-corrected chi connectivity index (χ0v) is 10.4. The molecule has 0 amide bonds. The van der Waals surface area contributed by atoms with Crippen molar-refractivity contribution in [1.29, 1.82) is 0 Å². The molecule has 0 fully saturated rings. The van der Waals surface area contributed by atoms with E-state index in [9.17, 15) is 10.1 Å². The minimum absolute atomic E-state index is 0.0408. The van der Waals surface area contributed by atoms with Crippen LogP contribution in [0.2, 0.25) is 0 Å². The number of hydrogen-bond donors (Lipinski definition) is 2. The molecule has 0 unspecified atom stereocenters. The fraction of sp³-hybridized carbons (Fsp3) is 0.0769. The third-order valence-electron chi connectivity index (χ3n) is 2.98. The third-order valence-corrected chi connectivity index (χ3v) is 2.98. The van der Waals surface area contributed by atoms with E-state index in [4.69, 9.17) is 0 Å². The van der Waals surface area contributed by atoms with Gasteiger partial charge in [-0.3, -0.25) is 20.2 Å². The van der Waals surface area contributed by atoms with Crippen LogP contribution in [0.3, 0.4) is 0 Å². The van der Waals surface area contributed by atoms with Crippen molar-refractivity contribution in [2.75, 3.05) is 5.32 Å². The maximum atomic E-state index is 11.3. The Morgan fingerprint density at radius 1 is 1.35 bits per heavy atom. The number of aromatic nitrogens is 3. The first-order chi connectivity index (χ1) is 9.75. The lowest BCUT2D eigenvalue weighted by Crippen LogP contribution is -2.02. The third kappa shape index (κ3) is 2.16. The summed E-state index contributed by atoms with van der Waals surface area (Å²) in [7, 11) is 0. The van der Waals surface area contributed by atoms with Gasteiger partial charge in [-0.05, 0) is 24.3 Å². The van der Waals surface area contributed by atoms with Crippen molar-refractivity contribution < 1.29 is 4.92 Å². The van der Waals surface area contributed by atoms with Gasteiger partial charge in [-0.25, -0.2) is 0 Å². The van der Waals surface area contributed by atoms with Crippen molar-refractivity contribution in [2.45, 2.75) is 6.54 Å². The maximum Gasteiger partial charge on any atom is 0.301 e. The van der Waals surface area contributed by atoms with E-state index in [1.165, 1.54) is 0 Å². The minimum atomic E-state index is -0.387. The van der Waals surface area contributed by atoms with E-state index in [1.807, 2.05) is 0 Å². The molecule has 2 N–H and O–H groups in total. The molecule has 0 atom stereocenters. The fourth-order valence-corrected chi connectivity index (χ4v) is 2.05. The summed E-state index contributed by atoms with van der Waals surface area (Å²) in [6.45, 7) is 0.461. The first-order valence-corrected chi connectivity index (χ1v) is 5.99. The predicted octanol–water partition coefficient (Wildman–Crippen LogP) is 2.48. The number of benzene rings is 1. The van der Waals surface area contributed by atoms with Crippen LogP contribution in [-0.2, 0) is 6.54 Å². The number of pyridine rings is 1. The molecule has 0 saturated carbocycles. The Hall–Kier alpha value is -2.96. The van der Waals surface area contributed by atoms with E-state index >= 15 is 0 Å². The Morgan fingerprint density at radius 3 is 3.00 bits per heavy atom. The predicted molar refractivity (Wildman–Crippen MR) is 74.3 cm³/mol. The van der Waals surface area contributed by atoms with Crippen LogP contribution >= 0.6 is 0 Å². The second kappa shape index (κ2) is 4.96. The quantitative estimate of drug-likeness (QED) is 0.560. The zero-order valence-electron chi connectivity index (χ0n) is 10.4.